The van der Waals surface area contributed by atoms with Crippen molar-refractivity contribution in [1.82, 2.24) is 0 Å². The van der Waals surface area contributed by atoms with Crippen LogP contribution in [0.4, 0.5) is 5.69 Å². The van der Waals surface area contributed by atoms with Crippen molar-refractivity contribution in [3.05, 3.63) is 94.3 Å². The van der Waals surface area contributed by atoms with Gasteiger partial charge in [0.2, 0.25) is 11.0 Å². The summed E-state index contributed by atoms with van der Waals surface area (Å²) in [6.07, 6.45) is 0.978. The fourth-order valence-electron chi connectivity index (χ4n) is 3.13. The highest BCUT2D eigenvalue weighted by atomic mass is 35.5. The van der Waals surface area contributed by atoms with E-state index in [0.29, 0.717) is 0 Å². The molecule has 3 aromatic carbocycles. The summed E-state index contributed by atoms with van der Waals surface area (Å²) >= 11 is 6.31. The first-order valence-electron chi connectivity index (χ1n) is 9.12. The highest BCUT2D eigenvalue weighted by molar-refractivity contribution is 6.31. The molecule has 0 spiro atoms. The average Bonchev–Trinajstić information content (AvgIpc) is 2.71. The molecule has 4 rings (SSSR count). The van der Waals surface area contributed by atoms with Gasteiger partial charge in [-0.1, -0.05) is 61.0 Å². The highest BCUT2D eigenvalue weighted by Crippen LogP contribution is 2.22. The van der Waals surface area contributed by atoms with Crippen molar-refractivity contribution in [1.29, 1.82) is 0 Å². The molecule has 0 aliphatic rings. The summed E-state index contributed by atoms with van der Waals surface area (Å²) in [7, 11) is 0. The molecule has 134 valence electrons. The normalized spacial score (nSPS) is 11.9. The topological polar surface area (TPSA) is 27.1 Å². The largest absolute Gasteiger partial charge is 0.456 e. The smallest absolute Gasteiger partial charge is 0.218 e. The van der Waals surface area contributed by atoms with Crippen molar-refractivity contribution in [3.8, 4) is 11.3 Å². The molecule has 0 saturated heterocycles. The molecule has 0 unspecified atom stereocenters. The Labute approximate surface area is 163 Å². The molecule has 0 saturated carbocycles. The lowest BCUT2D eigenvalue weighted by Gasteiger charge is -2.04. The Hall–Kier alpha value is -2.84. The molecular formula is C24H21ClNO+. The molecule has 0 aliphatic heterocycles. The quantitative estimate of drug-likeness (QED) is 0.540. The van der Waals surface area contributed by atoms with Crippen LogP contribution >= 0.6 is 11.6 Å². The van der Waals surface area contributed by atoms with E-state index in [-0.39, 0.29) is 0 Å². The lowest BCUT2D eigenvalue weighted by molar-refractivity contribution is -0.400. The van der Waals surface area contributed by atoms with Gasteiger partial charge in [0.05, 0.1) is 16.5 Å². The lowest BCUT2D eigenvalue weighted by Crippen LogP contribution is -2.70. The second-order valence-electron chi connectivity index (χ2n) is 6.66. The minimum absolute atomic E-state index is 0.752. The molecule has 27 heavy (non-hydrogen) atoms. The summed E-state index contributed by atoms with van der Waals surface area (Å²) in [6, 6.07) is 24.6. The minimum Gasteiger partial charge on any atom is -0.456 e. The van der Waals surface area contributed by atoms with Gasteiger partial charge in [0.15, 0.2) is 0 Å². The van der Waals surface area contributed by atoms with Crippen molar-refractivity contribution >= 4 is 28.3 Å². The van der Waals surface area contributed by atoms with E-state index in [9.17, 15) is 0 Å². The van der Waals surface area contributed by atoms with Crippen LogP contribution in [0.5, 0.6) is 0 Å². The Balaban J connectivity index is 2.00. The first-order valence-corrected chi connectivity index (χ1v) is 9.50. The van der Waals surface area contributed by atoms with Crippen LogP contribution in [0.25, 0.3) is 22.3 Å². The summed E-state index contributed by atoms with van der Waals surface area (Å²) in [5.41, 5.74) is 5.20. The highest BCUT2D eigenvalue weighted by Gasteiger charge is 2.10. The van der Waals surface area contributed by atoms with E-state index in [0.717, 1.165) is 50.3 Å². The van der Waals surface area contributed by atoms with Crippen LogP contribution in [-0.4, -0.2) is 0 Å². The molecule has 1 aromatic heterocycles. The number of halogens is 1. The Bertz CT molecular complexity index is 1180. The van der Waals surface area contributed by atoms with E-state index in [4.69, 9.17) is 16.0 Å². The number of fused-ring (bicyclic) bond motifs is 1. The molecule has 1 heterocycles. The monoisotopic (exact) mass is 374 g/mol. The minimum atomic E-state index is 0.752. The molecule has 3 heteroatoms. The van der Waals surface area contributed by atoms with Gasteiger partial charge in [0.1, 0.15) is 11.3 Å². The van der Waals surface area contributed by atoms with Crippen molar-refractivity contribution in [2.75, 3.05) is 0 Å². The third-order valence-electron chi connectivity index (χ3n) is 4.75. The van der Waals surface area contributed by atoms with Gasteiger partial charge >= 0.3 is 0 Å². The maximum Gasteiger partial charge on any atom is 0.218 e. The van der Waals surface area contributed by atoms with Crippen LogP contribution in [0.15, 0.2) is 77.2 Å². The number of nitrogens with one attached hydrogen (secondary N) is 1. The van der Waals surface area contributed by atoms with Crippen LogP contribution in [0.3, 0.4) is 0 Å². The number of hydrogen-bond acceptors (Lipinski definition) is 1. The molecule has 0 fully saturated rings. The Morgan fingerprint density at radius 2 is 1.74 bits per heavy atom. The summed E-state index contributed by atoms with van der Waals surface area (Å²) < 4.78 is 6.20. The van der Waals surface area contributed by atoms with E-state index < -0.39 is 0 Å². The van der Waals surface area contributed by atoms with E-state index in [1.165, 1.54) is 5.56 Å². The fourth-order valence-corrected chi connectivity index (χ4v) is 3.31. The Morgan fingerprint density at radius 3 is 2.48 bits per heavy atom. The molecule has 0 amide bonds. The van der Waals surface area contributed by atoms with Crippen LogP contribution in [0.1, 0.15) is 18.1 Å². The van der Waals surface area contributed by atoms with Gasteiger partial charge in [0.25, 0.3) is 0 Å². The molecule has 0 aliphatic carbocycles. The molecule has 1 N–H and O–H groups in total. The SMILES string of the molecule is CCc1ccc2oc(-c3ccccc3)cc(=[NH+]c3ccc(C)c(Cl)c3)c2c1. The van der Waals surface area contributed by atoms with Gasteiger partial charge in [-0.25, -0.2) is 4.99 Å². The van der Waals surface area contributed by atoms with Crippen LogP contribution in [0, 0.1) is 6.92 Å². The van der Waals surface area contributed by atoms with Crippen molar-refractivity contribution < 1.29 is 9.41 Å². The predicted molar refractivity (Wildman–Crippen MR) is 111 cm³/mol. The Kier molecular flexibility index (Phi) is 4.83. The molecule has 0 atom stereocenters. The number of benzene rings is 3. The average molecular weight is 375 g/mol. The fraction of sp³-hybridized carbons (Fsp3) is 0.125. The maximum absolute atomic E-state index is 6.31. The molecule has 0 bridgehead atoms. The summed E-state index contributed by atoms with van der Waals surface area (Å²) in [5, 5.41) is 2.82. The predicted octanol–water partition coefficient (Wildman–Crippen LogP) is 4.94. The van der Waals surface area contributed by atoms with Gasteiger partial charge in [-0.05, 0) is 36.6 Å². The van der Waals surface area contributed by atoms with Gasteiger partial charge in [-0.2, -0.15) is 0 Å². The second kappa shape index (κ2) is 7.42. The summed E-state index contributed by atoms with van der Waals surface area (Å²) in [5.74, 6) is 0.827. The van der Waals surface area contributed by atoms with Crippen molar-refractivity contribution in [2.45, 2.75) is 20.3 Å². The summed E-state index contributed by atoms with van der Waals surface area (Å²) in [4.78, 5) is 3.53. The Morgan fingerprint density at radius 1 is 0.926 bits per heavy atom. The lowest BCUT2D eigenvalue weighted by atomic mass is 10.1. The first kappa shape index (κ1) is 17.6. The zero-order valence-corrected chi connectivity index (χ0v) is 16.2. The molecular weight excluding hydrogens is 354 g/mol. The zero-order valence-electron chi connectivity index (χ0n) is 15.4. The number of rotatable bonds is 3. The van der Waals surface area contributed by atoms with E-state index >= 15 is 0 Å². The van der Waals surface area contributed by atoms with Gasteiger partial charge in [-0.3, -0.25) is 0 Å². The first-order chi connectivity index (χ1) is 13.1. The van der Waals surface area contributed by atoms with E-state index in [1.54, 1.807) is 0 Å². The van der Waals surface area contributed by atoms with Gasteiger partial charge in [-0.15, -0.1) is 0 Å². The molecule has 0 radical (unpaired) electrons. The van der Waals surface area contributed by atoms with E-state index in [2.05, 4.69) is 42.2 Å². The van der Waals surface area contributed by atoms with Crippen molar-refractivity contribution in [2.24, 2.45) is 0 Å². The maximum atomic E-state index is 6.31. The van der Waals surface area contributed by atoms with E-state index in [1.807, 2.05) is 49.4 Å². The standard InChI is InChI=1S/C24H20ClNO/c1-3-17-10-12-23-20(13-17)22(26-19-11-9-16(2)21(25)14-19)15-24(27-23)18-7-5-4-6-8-18/h4-15H,3H2,1-2H3/p+1. The molecule has 4 aromatic rings. The van der Waals surface area contributed by atoms with Gasteiger partial charge < -0.3 is 4.42 Å². The van der Waals surface area contributed by atoms with Crippen LogP contribution < -0.4 is 10.3 Å². The summed E-state index contributed by atoms with van der Waals surface area (Å²) in [6.45, 7) is 4.16. The van der Waals surface area contributed by atoms with Gasteiger partial charge in [0, 0.05) is 17.7 Å². The molecule has 2 nitrogen and oxygen atoms in total. The third-order valence-corrected chi connectivity index (χ3v) is 5.15. The van der Waals surface area contributed by atoms with Crippen LogP contribution in [0.2, 0.25) is 5.02 Å². The second-order valence-corrected chi connectivity index (χ2v) is 7.07. The number of aryl methyl sites for hydroxylation is 2. The number of hydrogen-bond donors (Lipinski definition) is 1. The van der Waals surface area contributed by atoms with Crippen molar-refractivity contribution in [3.63, 3.8) is 0 Å². The van der Waals surface area contributed by atoms with Crippen LogP contribution in [-0.2, 0) is 6.42 Å². The third kappa shape index (κ3) is 3.67. The zero-order chi connectivity index (χ0) is 18.8.